The van der Waals surface area contributed by atoms with Crippen LogP contribution in [-0.2, 0) is 128 Å². The predicted molar refractivity (Wildman–Crippen MR) is 348 cm³/mol. The lowest BCUT2D eigenvalue weighted by Gasteiger charge is -2.34. The predicted octanol–water partition coefficient (Wildman–Crippen LogP) is -0.00600. The Labute approximate surface area is 582 Å². The normalized spacial score (nSPS) is 12.5. The van der Waals surface area contributed by atoms with Gasteiger partial charge in [0, 0.05) is 92.5 Å². The lowest BCUT2D eigenvalue weighted by atomic mass is 10.0. The fraction of sp³-hybridized carbons (Fsp3) is 0.881. The van der Waals surface area contributed by atoms with E-state index in [4.69, 9.17) is 111 Å². The van der Waals surface area contributed by atoms with E-state index in [-0.39, 0.29) is 234 Å². The van der Waals surface area contributed by atoms with Crippen molar-refractivity contribution in [3.05, 3.63) is 31.3 Å². The van der Waals surface area contributed by atoms with Crippen molar-refractivity contribution in [1.29, 1.82) is 0 Å². The number of hydroxylamine groups is 2. The van der Waals surface area contributed by atoms with Gasteiger partial charge in [0.1, 0.15) is 5.54 Å². The molecule has 1 fully saturated rings. The lowest BCUT2D eigenvalue weighted by Crippen LogP contribution is -2.59. The van der Waals surface area contributed by atoms with E-state index in [0.29, 0.717) is 124 Å². The third kappa shape index (κ3) is 61.5. The lowest BCUT2D eigenvalue weighted by molar-refractivity contribution is -0.198. The smallest absolute Gasteiger partial charge is 0.335 e. The fourth-order valence-corrected chi connectivity index (χ4v) is 7.56. The van der Waals surface area contributed by atoms with Crippen LogP contribution >= 0.6 is 0 Å². The van der Waals surface area contributed by atoms with Crippen molar-refractivity contribution in [2.24, 2.45) is 15.3 Å². The zero-order valence-corrected chi connectivity index (χ0v) is 57.6. The van der Waals surface area contributed by atoms with Crippen LogP contribution in [0, 0.1) is 0 Å². The van der Waals surface area contributed by atoms with Gasteiger partial charge in [-0.15, -0.1) is 5.06 Å². The standard InChI is InChI=1S/C59H106N14O27/c60-70-66-11-22-86-30-38-94-46-43-91-35-27-83-19-8-63-52(74)3-15-97-49-59(50-98-16-4-53(75)64-9-20-84-28-36-92-44-47-95-39-31-87-23-12-67-71-61,51-99-17-5-54(76)65-10-21-85-29-37-93-45-48-96-40-32-88-24-13-68-72-62)69-55(77)6-14-81-25-33-89-41-42-90-34-26-82-18-7-58(80)100-73-56(78)1-2-57(73)79/h1-51H2,(H,63,74)(H,64,75)(H,65,76)(H,69,77). The van der Waals surface area contributed by atoms with Crippen molar-refractivity contribution in [2.75, 3.05) is 290 Å². The molecule has 1 saturated heterocycles. The van der Waals surface area contributed by atoms with Crippen LogP contribution in [0.3, 0.4) is 0 Å². The molecule has 0 aromatic carbocycles. The van der Waals surface area contributed by atoms with Gasteiger partial charge < -0.3 is 116 Å². The molecule has 574 valence electrons. The molecular formula is C59H106N14O27. The van der Waals surface area contributed by atoms with Crippen LogP contribution in [0.4, 0.5) is 0 Å². The largest absolute Gasteiger partial charge is 0.379 e. The second-order valence-electron chi connectivity index (χ2n) is 20.5. The second-order valence-corrected chi connectivity index (χ2v) is 20.5. The number of hydrogen-bond donors (Lipinski definition) is 4. The van der Waals surface area contributed by atoms with Crippen molar-refractivity contribution in [1.82, 2.24) is 26.3 Å². The molecule has 0 radical (unpaired) electrons. The highest BCUT2D eigenvalue weighted by Crippen LogP contribution is 2.14. The Balaban J connectivity index is 2.77. The molecule has 0 aromatic rings. The number of nitrogens with one attached hydrogen (secondary N) is 4. The van der Waals surface area contributed by atoms with Gasteiger partial charge in [-0.2, -0.15) is 0 Å². The van der Waals surface area contributed by atoms with Crippen molar-refractivity contribution >= 4 is 41.4 Å². The maximum atomic E-state index is 13.7. The van der Waals surface area contributed by atoms with Crippen LogP contribution in [0.15, 0.2) is 15.3 Å². The molecule has 0 spiro atoms. The van der Waals surface area contributed by atoms with Gasteiger partial charge in [-0.25, -0.2) is 4.79 Å². The molecule has 0 bridgehead atoms. The summed E-state index contributed by atoms with van der Waals surface area (Å²) in [5.74, 6) is -3.36. The van der Waals surface area contributed by atoms with E-state index in [1.165, 1.54) is 0 Å². The summed E-state index contributed by atoms with van der Waals surface area (Å²) < 4.78 is 105. The number of carbonyl (C=O) groups excluding carboxylic acids is 7. The number of hydrogen-bond acceptors (Lipinski definition) is 30. The first kappa shape index (κ1) is 91.7. The van der Waals surface area contributed by atoms with Gasteiger partial charge in [0.15, 0.2) is 0 Å². The summed E-state index contributed by atoms with van der Waals surface area (Å²) in [4.78, 5) is 100. The van der Waals surface area contributed by atoms with E-state index in [0.717, 1.165) is 0 Å². The number of ether oxygens (including phenoxy) is 19. The molecule has 1 rings (SSSR count). The molecule has 4 N–H and O–H groups in total. The Hall–Kier alpha value is -6.34. The minimum atomic E-state index is -1.40. The average molecular weight is 1440 g/mol. The summed E-state index contributed by atoms with van der Waals surface area (Å²) in [5.41, 5.74) is 23.5. The Morgan fingerprint density at radius 1 is 0.320 bits per heavy atom. The SMILES string of the molecule is [N-]=[N+]=NCCOCCOCCOCCOCCNC(=O)CCOCC(COCCC(=O)NCCOCCOCCOCCOCCN=[N+]=[N-])(COCCC(=O)NCCOCCOCCOCCOCCN=[N+]=[N-])NC(=O)CCOCCOCCOCCOCCC(=O)ON1C(=O)CCC1=O. The van der Waals surface area contributed by atoms with Gasteiger partial charge >= 0.3 is 5.97 Å². The first-order chi connectivity index (χ1) is 49.1. The highest BCUT2D eigenvalue weighted by atomic mass is 16.7. The molecule has 0 saturated carbocycles. The van der Waals surface area contributed by atoms with Crippen molar-refractivity contribution in [2.45, 2.75) is 50.5 Å². The number of rotatable bonds is 77. The summed E-state index contributed by atoms with van der Waals surface area (Å²) >= 11 is 0. The number of azide groups is 3. The average Bonchev–Trinajstić information content (AvgIpc) is 1.55. The van der Waals surface area contributed by atoms with Gasteiger partial charge in [-0.3, -0.25) is 28.8 Å². The van der Waals surface area contributed by atoms with Crippen LogP contribution in [-0.4, -0.2) is 342 Å². The van der Waals surface area contributed by atoms with E-state index in [2.05, 4.69) is 51.3 Å². The molecule has 1 aliphatic rings. The maximum absolute atomic E-state index is 13.7. The molecule has 0 aromatic heterocycles. The fourth-order valence-electron chi connectivity index (χ4n) is 7.56. The Kier molecular flexibility index (Phi) is 65.2. The quantitative estimate of drug-likeness (QED) is 0.0205. The summed E-state index contributed by atoms with van der Waals surface area (Å²) in [6, 6.07) is 0. The van der Waals surface area contributed by atoms with Crippen molar-refractivity contribution in [3.63, 3.8) is 0 Å². The van der Waals surface area contributed by atoms with Gasteiger partial charge in [0.05, 0.1) is 257 Å². The molecule has 41 nitrogen and oxygen atoms in total. The number of imide groups is 1. The van der Waals surface area contributed by atoms with Crippen LogP contribution < -0.4 is 21.3 Å². The highest BCUT2D eigenvalue weighted by Gasteiger charge is 2.35. The molecule has 41 heteroatoms. The maximum Gasteiger partial charge on any atom is 0.335 e. The molecular weight excluding hydrogens is 1340 g/mol. The van der Waals surface area contributed by atoms with Gasteiger partial charge in [0.25, 0.3) is 11.8 Å². The van der Waals surface area contributed by atoms with E-state index in [1.54, 1.807) is 0 Å². The third-order valence-electron chi connectivity index (χ3n) is 12.4. The number of nitrogens with zero attached hydrogens (tertiary/aromatic N) is 10. The summed E-state index contributed by atoms with van der Waals surface area (Å²) in [5, 5.41) is 21.9. The molecule has 100 heavy (non-hydrogen) atoms. The first-order valence-electron chi connectivity index (χ1n) is 33.2. The zero-order chi connectivity index (χ0) is 72.4. The molecule has 0 aliphatic carbocycles. The Bertz CT molecular complexity index is 2060. The molecule has 6 amide bonds. The van der Waals surface area contributed by atoms with E-state index < -0.39 is 29.2 Å². The monoisotopic (exact) mass is 1440 g/mol. The van der Waals surface area contributed by atoms with Crippen LogP contribution in [0.5, 0.6) is 0 Å². The van der Waals surface area contributed by atoms with Crippen molar-refractivity contribution in [3.8, 4) is 0 Å². The van der Waals surface area contributed by atoms with Gasteiger partial charge in [-0.05, 0) is 16.6 Å². The van der Waals surface area contributed by atoms with E-state index in [1.807, 2.05) is 0 Å². The minimum absolute atomic E-state index is 0.00147. The molecule has 0 atom stereocenters. The summed E-state index contributed by atoms with van der Waals surface area (Å²) in [6.45, 7) is 9.34. The number of amides is 6. The first-order valence-corrected chi connectivity index (χ1v) is 33.2. The molecule has 1 heterocycles. The highest BCUT2D eigenvalue weighted by molar-refractivity contribution is 6.01. The van der Waals surface area contributed by atoms with E-state index in [9.17, 15) is 33.6 Å². The number of carbonyl (C=O) groups is 7. The Morgan fingerprint density at radius 2 is 0.550 bits per heavy atom. The molecule has 0 unspecified atom stereocenters. The van der Waals surface area contributed by atoms with Gasteiger partial charge in [-0.1, -0.05) is 15.3 Å². The molecule has 1 aliphatic heterocycles. The van der Waals surface area contributed by atoms with Crippen LogP contribution in [0.2, 0.25) is 0 Å². The second kappa shape index (κ2) is 71.1. The topological polar surface area (TPSA) is 502 Å². The summed E-state index contributed by atoms with van der Waals surface area (Å²) in [6.07, 6.45) is -0.455. The van der Waals surface area contributed by atoms with E-state index >= 15 is 0 Å². The van der Waals surface area contributed by atoms with Gasteiger partial charge in [0.2, 0.25) is 23.6 Å². The van der Waals surface area contributed by atoms with Crippen LogP contribution in [0.25, 0.3) is 31.3 Å². The Morgan fingerprint density at radius 3 is 0.830 bits per heavy atom. The third-order valence-corrected chi connectivity index (χ3v) is 12.4. The zero-order valence-electron chi connectivity index (χ0n) is 57.6. The van der Waals surface area contributed by atoms with Crippen LogP contribution in [0.1, 0.15) is 44.9 Å². The summed E-state index contributed by atoms with van der Waals surface area (Å²) in [7, 11) is 0. The van der Waals surface area contributed by atoms with Crippen molar-refractivity contribution < 1.29 is 128 Å². The minimum Gasteiger partial charge on any atom is -0.379 e.